The number of aromatic nitrogens is 4. The molecule has 1 saturated heterocycles. The number of nitrogens with one attached hydrogen (secondary N) is 1. The van der Waals surface area contributed by atoms with E-state index >= 15 is 0 Å². The predicted molar refractivity (Wildman–Crippen MR) is 97.1 cm³/mol. The van der Waals surface area contributed by atoms with Gasteiger partial charge in [0.05, 0.1) is 5.69 Å². The molecule has 0 atom stereocenters. The lowest BCUT2D eigenvalue weighted by atomic mass is 9.96. The maximum absolute atomic E-state index is 6.03. The van der Waals surface area contributed by atoms with E-state index in [-0.39, 0.29) is 0 Å². The van der Waals surface area contributed by atoms with Crippen molar-refractivity contribution in [3.63, 3.8) is 0 Å². The molecular formula is C18H20ClN5O. The molecule has 25 heavy (non-hydrogen) atoms. The summed E-state index contributed by atoms with van der Waals surface area (Å²) in [5, 5.41) is 8.61. The van der Waals surface area contributed by atoms with Gasteiger partial charge in [0.15, 0.2) is 0 Å². The molecule has 1 fully saturated rings. The summed E-state index contributed by atoms with van der Waals surface area (Å²) in [4.78, 5) is 9.05. The second kappa shape index (κ2) is 6.98. The molecule has 0 bridgehead atoms. The molecule has 3 aromatic rings. The summed E-state index contributed by atoms with van der Waals surface area (Å²) in [6, 6.07) is 9.86. The highest BCUT2D eigenvalue weighted by Crippen LogP contribution is 2.27. The summed E-state index contributed by atoms with van der Waals surface area (Å²) in [5.74, 6) is 1.64. The average molecular weight is 358 g/mol. The first kappa shape index (κ1) is 16.3. The van der Waals surface area contributed by atoms with Crippen LogP contribution in [0.3, 0.4) is 0 Å². The molecule has 1 N–H and O–H groups in total. The van der Waals surface area contributed by atoms with Crippen LogP contribution in [-0.2, 0) is 11.3 Å². The van der Waals surface area contributed by atoms with E-state index in [1.54, 1.807) is 0 Å². The largest absolute Gasteiger partial charge is 0.381 e. The zero-order valence-corrected chi connectivity index (χ0v) is 14.8. The van der Waals surface area contributed by atoms with Crippen molar-refractivity contribution in [3.8, 4) is 0 Å². The molecule has 3 heterocycles. The fourth-order valence-electron chi connectivity index (χ4n) is 3.20. The van der Waals surface area contributed by atoms with Crippen molar-refractivity contribution in [2.75, 3.05) is 18.5 Å². The van der Waals surface area contributed by atoms with Crippen LogP contribution in [0.25, 0.3) is 5.78 Å². The first-order chi connectivity index (χ1) is 12.2. The third-order valence-corrected chi connectivity index (χ3v) is 4.68. The number of hydrogen-bond donors (Lipinski definition) is 1. The van der Waals surface area contributed by atoms with Gasteiger partial charge in [-0.2, -0.15) is 9.50 Å². The number of halogens is 1. The van der Waals surface area contributed by atoms with Gasteiger partial charge in [-0.25, -0.2) is 4.98 Å². The Morgan fingerprint density at radius 3 is 2.88 bits per heavy atom. The van der Waals surface area contributed by atoms with Crippen molar-refractivity contribution in [3.05, 3.63) is 52.3 Å². The van der Waals surface area contributed by atoms with Gasteiger partial charge in [-0.05, 0) is 43.5 Å². The zero-order valence-electron chi connectivity index (χ0n) is 14.1. The maximum atomic E-state index is 6.03. The van der Waals surface area contributed by atoms with E-state index < -0.39 is 0 Å². The van der Waals surface area contributed by atoms with Crippen LogP contribution in [-0.4, -0.2) is 32.8 Å². The van der Waals surface area contributed by atoms with Crippen molar-refractivity contribution in [1.82, 2.24) is 19.6 Å². The lowest BCUT2D eigenvalue weighted by Crippen LogP contribution is -2.17. The van der Waals surface area contributed by atoms with Gasteiger partial charge in [0.2, 0.25) is 5.95 Å². The third kappa shape index (κ3) is 3.60. The van der Waals surface area contributed by atoms with Crippen molar-refractivity contribution in [2.45, 2.75) is 32.2 Å². The highest BCUT2D eigenvalue weighted by atomic mass is 35.5. The standard InChI is InChI=1S/C18H20ClN5O/c1-12-9-16(14-5-7-25-8-6-14)24-18(21-12)22-17(23-24)20-11-13-3-2-4-15(19)10-13/h2-4,9-10,14H,5-8,11H2,1H3,(H,20,23). The zero-order chi connectivity index (χ0) is 17.2. The van der Waals surface area contributed by atoms with Crippen LogP contribution in [0.15, 0.2) is 30.3 Å². The minimum atomic E-state index is 0.431. The SMILES string of the molecule is Cc1cc(C2CCOCC2)n2nc(NCc3cccc(Cl)c3)nc2n1. The van der Waals surface area contributed by atoms with Crippen LogP contribution in [0.5, 0.6) is 0 Å². The first-order valence-corrected chi connectivity index (χ1v) is 8.87. The van der Waals surface area contributed by atoms with Crippen molar-refractivity contribution in [2.24, 2.45) is 0 Å². The monoisotopic (exact) mass is 357 g/mol. The van der Waals surface area contributed by atoms with E-state index in [0.717, 1.165) is 48.0 Å². The quantitative estimate of drug-likeness (QED) is 0.773. The first-order valence-electron chi connectivity index (χ1n) is 8.49. The van der Waals surface area contributed by atoms with E-state index in [2.05, 4.69) is 26.4 Å². The van der Waals surface area contributed by atoms with E-state index in [1.165, 1.54) is 0 Å². The van der Waals surface area contributed by atoms with Gasteiger partial charge in [-0.1, -0.05) is 23.7 Å². The van der Waals surface area contributed by atoms with Gasteiger partial charge in [0.25, 0.3) is 5.78 Å². The number of fused-ring (bicyclic) bond motifs is 1. The fraction of sp³-hybridized carbons (Fsp3) is 0.389. The van der Waals surface area contributed by atoms with Gasteiger partial charge in [0.1, 0.15) is 0 Å². The van der Waals surface area contributed by atoms with Crippen molar-refractivity contribution < 1.29 is 4.74 Å². The minimum Gasteiger partial charge on any atom is -0.381 e. The highest BCUT2D eigenvalue weighted by molar-refractivity contribution is 6.30. The second-order valence-electron chi connectivity index (χ2n) is 6.34. The summed E-state index contributed by atoms with van der Waals surface area (Å²) < 4.78 is 7.35. The highest BCUT2D eigenvalue weighted by Gasteiger charge is 2.21. The Morgan fingerprint density at radius 1 is 1.24 bits per heavy atom. The lowest BCUT2D eigenvalue weighted by Gasteiger charge is -2.22. The molecule has 6 nitrogen and oxygen atoms in total. The fourth-order valence-corrected chi connectivity index (χ4v) is 3.41. The Balaban J connectivity index is 1.60. The summed E-state index contributed by atoms with van der Waals surface area (Å²) >= 11 is 6.03. The third-order valence-electron chi connectivity index (χ3n) is 4.45. The van der Waals surface area contributed by atoms with Gasteiger partial charge in [-0.3, -0.25) is 0 Å². The Kier molecular flexibility index (Phi) is 4.55. The minimum absolute atomic E-state index is 0.431. The number of rotatable bonds is 4. The van der Waals surface area contributed by atoms with E-state index in [1.807, 2.05) is 35.7 Å². The van der Waals surface area contributed by atoms with Crippen LogP contribution in [0, 0.1) is 6.92 Å². The van der Waals surface area contributed by atoms with E-state index in [9.17, 15) is 0 Å². The summed E-state index contributed by atoms with van der Waals surface area (Å²) in [6.07, 6.45) is 2.01. The molecule has 0 aliphatic carbocycles. The number of ether oxygens (including phenoxy) is 1. The molecule has 1 aromatic carbocycles. The maximum Gasteiger partial charge on any atom is 0.254 e. The lowest BCUT2D eigenvalue weighted by molar-refractivity contribution is 0.0840. The summed E-state index contributed by atoms with van der Waals surface area (Å²) in [6.45, 7) is 4.20. The second-order valence-corrected chi connectivity index (χ2v) is 6.78. The molecule has 1 aliphatic heterocycles. The predicted octanol–water partition coefficient (Wildman–Crippen LogP) is 3.59. The van der Waals surface area contributed by atoms with Crippen LogP contribution in [0.1, 0.15) is 35.7 Å². The molecule has 0 unspecified atom stereocenters. The van der Waals surface area contributed by atoms with Crippen LogP contribution >= 0.6 is 11.6 Å². The van der Waals surface area contributed by atoms with Crippen LogP contribution in [0.4, 0.5) is 5.95 Å². The topological polar surface area (TPSA) is 64.3 Å². The van der Waals surface area contributed by atoms with E-state index in [0.29, 0.717) is 24.2 Å². The van der Waals surface area contributed by atoms with Crippen LogP contribution in [0.2, 0.25) is 5.02 Å². The summed E-state index contributed by atoms with van der Waals surface area (Å²) in [5.41, 5.74) is 3.21. The number of benzene rings is 1. The Labute approximate surface area is 151 Å². The summed E-state index contributed by atoms with van der Waals surface area (Å²) in [7, 11) is 0. The molecule has 0 amide bonds. The molecule has 4 rings (SSSR count). The Bertz CT molecular complexity index is 888. The van der Waals surface area contributed by atoms with Gasteiger partial charge in [-0.15, -0.1) is 5.10 Å². The number of hydrogen-bond acceptors (Lipinski definition) is 5. The number of anilines is 1. The molecule has 1 aliphatic rings. The Hall–Kier alpha value is -2.18. The molecular weight excluding hydrogens is 338 g/mol. The number of aryl methyl sites for hydroxylation is 1. The molecule has 7 heteroatoms. The molecule has 0 saturated carbocycles. The molecule has 2 aromatic heterocycles. The van der Waals surface area contributed by atoms with Crippen molar-refractivity contribution >= 4 is 23.3 Å². The van der Waals surface area contributed by atoms with Crippen molar-refractivity contribution in [1.29, 1.82) is 0 Å². The van der Waals surface area contributed by atoms with E-state index in [4.69, 9.17) is 16.3 Å². The van der Waals surface area contributed by atoms with Gasteiger partial charge >= 0.3 is 0 Å². The smallest absolute Gasteiger partial charge is 0.254 e. The Morgan fingerprint density at radius 2 is 2.08 bits per heavy atom. The molecule has 0 spiro atoms. The average Bonchev–Trinajstić information content (AvgIpc) is 3.03. The molecule has 0 radical (unpaired) electrons. The van der Waals surface area contributed by atoms with Gasteiger partial charge in [0, 0.05) is 36.4 Å². The molecule has 130 valence electrons. The normalized spacial score (nSPS) is 15.6. The van der Waals surface area contributed by atoms with Gasteiger partial charge < -0.3 is 10.1 Å². The number of nitrogens with zero attached hydrogens (tertiary/aromatic N) is 4. The van der Waals surface area contributed by atoms with Crippen LogP contribution < -0.4 is 5.32 Å².